The Hall–Kier alpha value is -0.850. The molecule has 2 aliphatic rings. The van der Waals surface area contributed by atoms with Crippen LogP contribution in [-0.4, -0.2) is 67.6 Å². The summed E-state index contributed by atoms with van der Waals surface area (Å²) in [5.74, 6) is 0.761. The van der Waals surface area contributed by atoms with Crippen molar-refractivity contribution in [3.63, 3.8) is 0 Å². The highest BCUT2D eigenvalue weighted by molar-refractivity contribution is 6.30. The van der Waals surface area contributed by atoms with Crippen molar-refractivity contribution in [2.45, 2.75) is 37.5 Å². The summed E-state index contributed by atoms with van der Waals surface area (Å²) in [6, 6.07) is 7.42. The SMILES string of the molecule is O[C@@H]1[C@@H](NCCN2CCOCC2)CCC[C@H]1Oc1ccc(Cl)cc1. The average molecular weight is 355 g/mol. The predicted octanol–water partition coefficient (Wildman–Crippen LogP) is 1.92. The van der Waals surface area contributed by atoms with E-state index in [-0.39, 0.29) is 12.1 Å². The number of nitrogens with zero attached hydrogens (tertiary/aromatic N) is 1. The first-order chi connectivity index (χ1) is 11.7. The molecule has 0 radical (unpaired) electrons. The number of aliphatic hydroxyl groups excluding tert-OH is 1. The molecule has 1 aliphatic carbocycles. The first-order valence-corrected chi connectivity index (χ1v) is 9.24. The van der Waals surface area contributed by atoms with Crippen LogP contribution in [0.4, 0.5) is 0 Å². The molecular weight excluding hydrogens is 328 g/mol. The third-order valence-corrected chi connectivity index (χ3v) is 5.09. The van der Waals surface area contributed by atoms with E-state index in [1.54, 1.807) is 0 Å². The maximum absolute atomic E-state index is 10.6. The Morgan fingerprint density at radius 2 is 1.96 bits per heavy atom. The Balaban J connectivity index is 1.45. The van der Waals surface area contributed by atoms with Crippen molar-refractivity contribution in [2.75, 3.05) is 39.4 Å². The largest absolute Gasteiger partial charge is 0.488 e. The van der Waals surface area contributed by atoms with Crippen molar-refractivity contribution in [1.82, 2.24) is 10.2 Å². The second kappa shape index (κ2) is 9.02. The molecule has 0 unspecified atom stereocenters. The van der Waals surface area contributed by atoms with Crippen LogP contribution >= 0.6 is 11.6 Å². The lowest BCUT2D eigenvalue weighted by Gasteiger charge is -2.36. The monoisotopic (exact) mass is 354 g/mol. The third kappa shape index (κ3) is 5.07. The number of nitrogens with one attached hydrogen (secondary N) is 1. The summed E-state index contributed by atoms with van der Waals surface area (Å²) in [6.07, 6.45) is 2.28. The van der Waals surface area contributed by atoms with Gasteiger partial charge in [0.1, 0.15) is 18.0 Å². The van der Waals surface area contributed by atoms with Gasteiger partial charge < -0.3 is 19.9 Å². The molecule has 134 valence electrons. The van der Waals surface area contributed by atoms with Gasteiger partial charge in [0.15, 0.2) is 0 Å². The van der Waals surface area contributed by atoms with Gasteiger partial charge in [-0.3, -0.25) is 4.90 Å². The van der Waals surface area contributed by atoms with E-state index in [0.717, 1.165) is 64.4 Å². The Morgan fingerprint density at radius 3 is 2.71 bits per heavy atom. The van der Waals surface area contributed by atoms with Crippen LogP contribution in [0.5, 0.6) is 5.75 Å². The van der Waals surface area contributed by atoms with Gasteiger partial charge in [-0.05, 0) is 43.5 Å². The molecule has 2 N–H and O–H groups in total. The van der Waals surface area contributed by atoms with E-state index in [0.29, 0.717) is 5.02 Å². The second-order valence-electron chi connectivity index (χ2n) is 6.55. The number of aliphatic hydroxyl groups is 1. The molecule has 1 saturated heterocycles. The summed E-state index contributed by atoms with van der Waals surface area (Å²) in [5.41, 5.74) is 0. The molecule has 5 nitrogen and oxygen atoms in total. The average Bonchev–Trinajstić information content (AvgIpc) is 2.61. The van der Waals surface area contributed by atoms with Crippen LogP contribution in [-0.2, 0) is 4.74 Å². The number of rotatable bonds is 6. The molecule has 0 bridgehead atoms. The second-order valence-corrected chi connectivity index (χ2v) is 6.98. The molecule has 1 aliphatic heterocycles. The number of hydrogen-bond acceptors (Lipinski definition) is 5. The Kier molecular flexibility index (Phi) is 6.75. The lowest BCUT2D eigenvalue weighted by Crippen LogP contribution is -2.52. The van der Waals surface area contributed by atoms with Crippen molar-refractivity contribution in [2.24, 2.45) is 0 Å². The zero-order chi connectivity index (χ0) is 16.8. The molecular formula is C18H27ClN2O3. The van der Waals surface area contributed by atoms with Crippen LogP contribution in [0.15, 0.2) is 24.3 Å². The first-order valence-electron chi connectivity index (χ1n) is 8.86. The molecule has 0 spiro atoms. The summed E-state index contributed by atoms with van der Waals surface area (Å²) in [7, 11) is 0. The molecule has 6 heteroatoms. The molecule has 3 rings (SSSR count). The van der Waals surface area contributed by atoms with E-state index in [2.05, 4.69) is 10.2 Å². The Morgan fingerprint density at radius 1 is 1.21 bits per heavy atom. The Labute approximate surface area is 148 Å². The summed E-state index contributed by atoms with van der Waals surface area (Å²) in [5, 5.41) is 14.8. The van der Waals surface area contributed by atoms with E-state index in [1.165, 1.54) is 0 Å². The summed E-state index contributed by atoms with van der Waals surface area (Å²) in [4.78, 5) is 2.40. The maximum Gasteiger partial charge on any atom is 0.126 e. The van der Waals surface area contributed by atoms with Crippen molar-refractivity contribution in [1.29, 1.82) is 0 Å². The number of ether oxygens (including phenoxy) is 2. The van der Waals surface area contributed by atoms with Crippen LogP contribution < -0.4 is 10.1 Å². The Bertz CT molecular complexity index is 494. The molecule has 0 amide bonds. The van der Waals surface area contributed by atoms with Gasteiger partial charge in [0.2, 0.25) is 0 Å². The standard InChI is InChI=1S/C18H27ClN2O3/c19-14-4-6-15(7-5-14)24-17-3-1-2-16(18(17)22)20-8-9-21-10-12-23-13-11-21/h4-7,16-18,20,22H,1-3,8-13H2/t16-,17+,18+/m0/s1. The van der Waals surface area contributed by atoms with Gasteiger partial charge in [-0.15, -0.1) is 0 Å². The van der Waals surface area contributed by atoms with Gasteiger partial charge >= 0.3 is 0 Å². The first kappa shape index (κ1) is 18.0. The summed E-state index contributed by atoms with van der Waals surface area (Å²) < 4.78 is 11.3. The van der Waals surface area contributed by atoms with Gasteiger partial charge in [-0.2, -0.15) is 0 Å². The van der Waals surface area contributed by atoms with Crippen molar-refractivity contribution in [3.05, 3.63) is 29.3 Å². The van der Waals surface area contributed by atoms with E-state index in [9.17, 15) is 5.11 Å². The molecule has 0 aromatic heterocycles. The fraction of sp³-hybridized carbons (Fsp3) is 0.667. The molecule has 1 heterocycles. The topological polar surface area (TPSA) is 54.0 Å². The minimum Gasteiger partial charge on any atom is -0.488 e. The minimum atomic E-state index is -0.487. The molecule has 1 aromatic rings. The molecule has 1 aromatic carbocycles. The smallest absolute Gasteiger partial charge is 0.126 e. The number of halogens is 1. The van der Waals surface area contributed by atoms with Gasteiger partial charge in [0, 0.05) is 37.2 Å². The van der Waals surface area contributed by atoms with Crippen molar-refractivity contribution < 1.29 is 14.6 Å². The minimum absolute atomic E-state index is 0.0945. The van der Waals surface area contributed by atoms with Gasteiger partial charge in [0.25, 0.3) is 0 Å². The van der Waals surface area contributed by atoms with Crippen LogP contribution in [0.2, 0.25) is 5.02 Å². The highest BCUT2D eigenvalue weighted by atomic mass is 35.5. The van der Waals surface area contributed by atoms with E-state index < -0.39 is 6.10 Å². The maximum atomic E-state index is 10.6. The zero-order valence-corrected chi connectivity index (χ0v) is 14.8. The van der Waals surface area contributed by atoms with Gasteiger partial charge in [-0.1, -0.05) is 11.6 Å². The normalized spacial score (nSPS) is 28.7. The fourth-order valence-electron chi connectivity index (χ4n) is 3.41. The van der Waals surface area contributed by atoms with Crippen molar-refractivity contribution >= 4 is 11.6 Å². The van der Waals surface area contributed by atoms with E-state index >= 15 is 0 Å². The van der Waals surface area contributed by atoms with Crippen molar-refractivity contribution in [3.8, 4) is 5.75 Å². The lowest BCUT2D eigenvalue weighted by atomic mass is 9.90. The van der Waals surface area contributed by atoms with Crippen LogP contribution in [0, 0.1) is 0 Å². The number of benzene rings is 1. The predicted molar refractivity (Wildman–Crippen MR) is 94.8 cm³/mol. The molecule has 2 fully saturated rings. The van der Waals surface area contributed by atoms with Gasteiger partial charge in [0.05, 0.1) is 13.2 Å². The lowest BCUT2D eigenvalue weighted by molar-refractivity contribution is -0.0167. The summed E-state index contributed by atoms with van der Waals surface area (Å²) in [6.45, 7) is 5.52. The molecule has 3 atom stereocenters. The fourth-order valence-corrected chi connectivity index (χ4v) is 3.54. The summed E-state index contributed by atoms with van der Waals surface area (Å²) >= 11 is 5.90. The molecule has 1 saturated carbocycles. The third-order valence-electron chi connectivity index (χ3n) is 4.84. The van der Waals surface area contributed by atoms with Crippen LogP contribution in [0.3, 0.4) is 0 Å². The van der Waals surface area contributed by atoms with E-state index in [1.807, 2.05) is 24.3 Å². The molecule has 24 heavy (non-hydrogen) atoms. The van der Waals surface area contributed by atoms with Gasteiger partial charge in [-0.25, -0.2) is 0 Å². The number of hydrogen-bond donors (Lipinski definition) is 2. The van der Waals surface area contributed by atoms with Crippen LogP contribution in [0.1, 0.15) is 19.3 Å². The highest BCUT2D eigenvalue weighted by Gasteiger charge is 2.33. The van der Waals surface area contributed by atoms with E-state index in [4.69, 9.17) is 21.1 Å². The van der Waals surface area contributed by atoms with Crippen LogP contribution in [0.25, 0.3) is 0 Å². The zero-order valence-electron chi connectivity index (χ0n) is 14.0. The highest BCUT2D eigenvalue weighted by Crippen LogP contribution is 2.25. The quantitative estimate of drug-likeness (QED) is 0.817. The number of morpholine rings is 1.